The molecule has 0 spiro atoms. The molecule has 0 fully saturated rings. The van der Waals surface area contributed by atoms with Crippen LogP contribution in [0, 0.1) is 0 Å². The van der Waals surface area contributed by atoms with Crippen LogP contribution in [-0.4, -0.2) is 50.7 Å². The monoisotopic (exact) mass is 327 g/mol. The number of para-hydroxylation sites is 2. The number of nitrogens with zero attached hydrogens (tertiary/aromatic N) is 3. The van der Waals surface area contributed by atoms with Crippen molar-refractivity contribution in [2.45, 2.75) is 22.4 Å². The molecule has 0 bridgehead atoms. The molecule has 0 N–H and O–H groups in total. The molecule has 1 heterocycles. The maximum absolute atomic E-state index is 2.50. The van der Waals surface area contributed by atoms with Crippen LogP contribution in [0.5, 0.6) is 0 Å². The van der Waals surface area contributed by atoms with Crippen molar-refractivity contribution in [1.29, 1.82) is 0 Å². The quantitative estimate of drug-likeness (QED) is 0.816. The molecule has 23 heavy (non-hydrogen) atoms. The minimum absolute atomic E-state index is 0.334. The molecule has 3 rings (SSSR count). The summed E-state index contributed by atoms with van der Waals surface area (Å²) >= 11 is 1.87. The summed E-state index contributed by atoms with van der Waals surface area (Å²) in [6, 6.07) is 17.5. The molecular formula is C19H25N3S. The molecular weight excluding hydrogens is 302 g/mol. The van der Waals surface area contributed by atoms with E-state index >= 15 is 0 Å². The molecule has 0 saturated heterocycles. The third kappa shape index (κ3) is 3.39. The highest BCUT2D eigenvalue weighted by Gasteiger charge is 2.29. The van der Waals surface area contributed by atoms with E-state index in [0.29, 0.717) is 6.17 Å². The van der Waals surface area contributed by atoms with Crippen molar-refractivity contribution in [3.63, 3.8) is 0 Å². The van der Waals surface area contributed by atoms with Crippen molar-refractivity contribution in [2.24, 2.45) is 0 Å². The molecule has 0 amide bonds. The van der Waals surface area contributed by atoms with Crippen molar-refractivity contribution in [2.75, 3.05) is 39.6 Å². The Hall–Kier alpha value is -1.49. The van der Waals surface area contributed by atoms with Crippen LogP contribution in [0.4, 0.5) is 11.4 Å². The summed E-state index contributed by atoms with van der Waals surface area (Å²) in [4.78, 5) is 9.76. The van der Waals surface area contributed by atoms with Gasteiger partial charge in [-0.1, -0.05) is 36.0 Å². The first-order chi connectivity index (χ1) is 11.1. The average molecular weight is 327 g/mol. The predicted octanol–water partition coefficient (Wildman–Crippen LogP) is 4.13. The fraction of sp³-hybridized carbons (Fsp3) is 0.368. The summed E-state index contributed by atoms with van der Waals surface area (Å²) in [7, 11) is 8.63. The summed E-state index contributed by atoms with van der Waals surface area (Å²) in [6.07, 6.45) is 1.42. The Labute approximate surface area is 143 Å². The normalized spacial score (nSPS) is 14.8. The van der Waals surface area contributed by atoms with Crippen molar-refractivity contribution in [3.05, 3.63) is 48.5 Å². The second kappa shape index (κ2) is 6.95. The lowest BCUT2D eigenvalue weighted by Crippen LogP contribution is -2.45. The van der Waals surface area contributed by atoms with Crippen molar-refractivity contribution in [1.82, 2.24) is 9.80 Å². The first-order valence-corrected chi connectivity index (χ1v) is 8.86. The molecule has 1 aliphatic rings. The molecule has 4 heteroatoms. The van der Waals surface area contributed by atoms with E-state index in [-0.39, 0.29) is 0 Å². The first kappa shape index (κ1) is 16.4. The summed E-state index contributed by atoms with van der Waals surface area (Å²) < 4.78 is 0. The van der Waals surface area contributed by atoms with Crippen LogP contribution in [-0.2, 0) is 0 Å². The topological polar surface area (TPSA) is 9.72 Å². The number of benzene rings is 2. The van der Waals surface area contributed by atoms with Gasteiger partial charge in [0, 0.05) is 16.3 Å². The zero-order valence-corrected chi connectivity index (χ0v) is 15.2. The van der Waals surface area contributed by atoms with Gasteiger partial charge in [-0.3, -0.25) is 4.90 Å². The van der Waals surface area contributed by atoms with E-state index in [1.54, 1.807) is 0 Å². The maximum atomic E-state index is 2.50. The van der Waals surface area contributed by atoms with Gasteiger partial charge in [0.2, 0.25) is 0 Å². The number of fused-ring (bicyclic) bond motifs is 2. The number of anilines is 2. The second-order valence-electron chi connectivity index (χ2n) is 6.44. The Morgan fingerprint density at radius 3 is 1.87 bits per heavy atom. The van der Waals surface area contributed by atoms with Crippen LogP contribution >= 0.6 is 11.8 Å². The predicted molar refractivity (Wildman–Crippen MR) is 99.8 cm³/mol. The fourth-order valence-electron chi connectivity index (χ4n) is 3.05. The summed E-state index contributed by atoms with van der Waals surface area (Å²) in [6.45, 7) is 1.07. The van der Waals surface area contributed by atoms with Gasteiger partial charge >= 0.3 is 0 Å². The first-order valence-electron chi connectivity index (χ1n) is 8.04. The van der Waals surface area contributed by atoms with Gasteiger partial charge in [-0.05, 0) is 58.9 Å². The molecule has 1 atom stereocenters. The van der Waals surface area contributed by atoms with E-state index in [4.69, 9.17) is 0 Å². The zero-order chi connectivity index (χ0) is 16.4. The maximum Gasteiger partial charge on any atom is 0.0878 e. The third-order valence-electron chi connectivity index (χ3n) is 4.20. The highest BCUT2D eigenvalue weighted by molar-refractivity contribution is 7.99. The van der Waals surface area contributed by atoms with E-state index in [0.717, 1.165) is 13.0 Å². The van der Waals surface area contributed by atoms with Crippen molar-refractivity contribution >= 4 is 23.1 Å². The van der Waals surface area contributed by atoms with E-state index in [1.807, 2.05) is 11.8 Å². The molecule has 1 aliphatic heterocycles. The molecule has 2 aromatic carbocycles. The number of hydrogen-bond donors (Lipinski definition) is 0. The van der Waals surface area contributed by atoms with Gasteiger partial charge < -0.3 is 9.80 Å². The van der Waals surface area contributed by atoms with Crippen LogP contribution in [0.15, 0.2) is 58.3 Å². The van der Waals surface area contributed by atoms with Gasteiger partial charge in [0.15, 0.2) is 0 Å². The minimum Gasteiger partial charge on any atom is -0.323 e. The van der Waals surface area contributed by atoms with Gasteiger partial charge in [-0.25, -0.2) is 0 Å². The lowest BCUT2D eigenvalue weighted by Gasteiger charge is -2.42. The summed E-state index contributed by atoms with van der Waals surface area (Å²) in [5, 5.41) is 0. The van der Waals surface area contributed by atoms with Gasteiger partial charge in [0.05, 0.1) is 17.5 Å². The molecule has 0 aliphatic carbocycles. The zero-order valence-electron chi connectivity index (χ0n) is 14.4. The third-order valence-corrected chi connectivity index (χ3v) is 5.33. The largest absolute Gasteiger partial charge is 0.323 e. The van der Waals surface area contributed by atoms with Gasteiger partial charge in [0.1, 0.15) is 0 Å². The SMILES string of the molecule is CN(C)CC[C@H](N(C)C)N1c2ccccc2Sc2ccccc21. The molecule has 0 saturated carbocycles. The van der Waals surface area contributed by atoms with Gasteiger partial charge in [-0.15, -0.1) is 0 Å². The number of hydrogen-bond acceptors (Lipinski definition) is 4. The van der Waals surface area contributed by atoms with Crippen molar-refractivity contribution < 1.29 is 0 Å². The molecule has 0 radical (unpaired) electrons. The van der Waals surface area contributed by atoms with Crippen LogP contribution in [0.2, 0.25) is 0 Å². The lowest BCUT2D eigenvalue weighted by molar-refractivity contribution is 0.253. The smallest absolute Gasteiger partial charge is 0.0878 e. The van der Waals surface area contributed by atoms with Crippen LogP contribution in [0.3, 0.4) is 0 Å². The average Bonchev–Trinajstić information content (AvgIpc) is 2.53. The van der Waals surface area contributed by atoms with Gasteiger partial charge in [-0.2, -0.15) is 0 Å². The van der Waals surface area contributed by atoms with Crippen LogP contribution in [0.25, 0.3) is 0 Å². The highest BCUT2D eigenvalue weighted by Crippen LogP contribution is 2.49. The molecule has 122 valence electrons. The van der Waals surface area contributed by atoms with E-state index in [1.165, 1.54) is 21.2 Å². The van der Waals surface area contributed by atoms with Crippen molar-refractivity contribution in [3.8, 4) is 0 Å². The highest BCUT2D eigenvalue weighted by atomic mass is 32.2. The fourth-order valence-corrected chi connectivity index (χ4v) is 4.12. The lowest BCUT2D eigenvalue weighted by atomic mass is 10.1. The second-order valence-corrected chi connectivity index (χ2v) is 7.53. The van der Waals surface area contributed by atoms with E-state index in [9.17, 15) is 0 Å². The Morgan fingerprint density at radius 2 is 1.39 bits per heavy atom. The minimum atomic E-state index is 0.334. The molecule has 3 nitrogen and oxygen atoms in total. The molecule has 0 aromatic heterocycles. The Morgan fingerprint density at radius 1 is 0.870 bits per heavy atom. The van der Waals surface area contributed by atoms with E-state index < -0.39 is 0 Å². The molecule has 0 unspecified atom stereocenters. The Bertz CT molecular complexity index is 624. The van der Waals surface area contributed by atoms with Gasteiger partial charge in [0.25, 0.3) is 0 Å². The summed E-state index contributed by atoms with van der Waals surface area (Å²) in [5.74, 6) is 0. The summed E-state index contributed by atoms with van der Waals surface area (Å²) in [5.41, 5.74) is 2.63. The van der Waals surface area contributed by atoms with Crippen LogP contribution < -0.4 is 4.90 Å². The van der Waals surface area contributed by atoms with E-state index in [2.05, 4.69) is 91.4 Å². The van der Waals surface area contributed by atoms with Crippen LogP contribution in [0.1, 0.15) is 6.42 Å². The standard InChI is InChI=1S/C19H25N3S/c1-20(2)14-13-19(21(3)4)22-15-9-5-7-11-17(15)23-18-12-8-6-10-16(18)22/h5-12,19H,13-14H2,1-4H3/t19-/m1/s1. The Balaban J connectivity index is 2.05. The molecule has 2 aromatic rings. The Kier molecular flexibility index (Phi) is 4.95. The number of rotatable bonds is 5.